The zero-order chi connectivity index (χ0) is 23.0. The molecule has 2 heterocycles. The zero-order valence-corrected chi connectivity index (χ0v) is 16.5. The van der Waals surface area contributed by atoms with Crippen molar-refractivity contribution in [3.05, 3.63) is 60.2 Å². The molecule has 0 saturated heterocycles. The maximum Gasteiger partial charge on any atom is 0.416 e. The standard InChI is InChI=1S/C19H13F6N3O2S/c1-2-31(29,30)17-10-26-4-3-14(17)16-9-27-15(8-28-16)11-5-12(18(20,21)22)7-13(6-11)19(23,24)25/h3-10H,2H2,1H3. The monoisotopic (exact) mass is 461 g/mol. The minimum Gasteiger partial charge on any atom is -0.263 e. The largest absolute Gasteiger partial charge is 0.416 e. The van der Waals surface area contributed by atoms with Gasteiger partial charge in [0.1, 0.15) is 0 Å². The first-order chi connectivity index (χ1) is 14.3. The highest BCUT2D eigenvalue weighted by atomic mass is 32.2. The molecular weight excluding hydrogens is 448 g/mol. The minimum atomic E-state index is -5.00. The summed E-state index contributed by atoms with van der Waals surface area (Å²) in [5.74, 6) is -0.207. The van der Waals surface area contributed by atoms with Crippen molar-refractivity contribution in [1.29, 1.82) is 0 Å². The van der Waals surface area contributed by atoms with Gasteiger partial charge in [-0.15, -0.1) is 0 Å². The van der Waals surface area contributed by atoms with Gasteiger partial charge in [-0.3, -0.25) is 15.0 Å². The average molecular weight is 461 g/mol. The van der Waals surface area contributed by atoms with Crippen LogP contribution in [0.15, 0.2) is 53.9 Å². The van der Waals surface area contributed by atoms with Crippen LogP contribution in [0.25, 0.3) is 22.5 Å². The van der Waals surface area contributed by atoms with E-state index in [0.717, 1.165) is 18.6 Å². The van der Waals surface area contributed by atoms with Crippen LogP contribution < -0.4 is 0 Å². The van der Waals surface area contributed by atoms with Crippen LogP contribution in [0.3, 0.4) is 0 Å². The fourth-order valence-electron chi connectivity index (χ4n) is 2.71. The number of hydrogen-bond acceptors (Lipinski definition) is 5. The molecule has 0 aliphatic carbocycles. The molecule has 3 aromatic rings. The van der Waals surface area contributed by atoms with Gasteiger partial charge < -0.3 is 0 Å². The van der Waals surface area contributed by atoms with Crippen LogP contribution in [0, 0.1) is 0 Å². The molecule has 0 bridgehead atoms. The van der Waals surface area contributed by atoms with E-state index in [2.05, 4.69) is 15.0 Å². The van der Waals surface area contributed by atoms with E-state index in [1.165, 1.54) is 19.2 Å². The molecule has 1 aromatic carbocycles. The molecule has 0 saturated carbocycles. The van der Waals surface area contributed by atoms with Gasteiger partial charge in [-0.05, 0) is 24.3 Å². The highest BCUT2D eigenvalue weighted by Crippen LogP contribution is 2.38. The highest BCUT2D eigenvalue weighted by Gasteiger charge is 2.37. The molecule has 0 fully saturated rings. The number of halogens is 6. The molecule has 2 aromatic heterocycles. The number of alkyl halides is 6. The Morgan fingerprint density at radius 3 is 1.87 bits per heavy atom. The van der Waals surface area contributed by atoms with Crippen LogP contribution in [0.1, 0.15) is 18.1 Å². The maximum atomic E-state index is 13.1. The quantitative estimate of drug-likeness (QED) is 0.510. The fourth-order valence-corrected chi connectivity index (χ4v) is 3.75. The van der Waals surface area contributed by atoms with Crippen molar-refractivity contribution in [2.75, 3.05) is 5.75 Å². The number of aromatic nitrogens is 3. The van der Waals surface area contributed by atoms with Crippen molar-refractivity contribution >= 4 is 9.84 Å². The minimum absolute atomic E-state index is 0.0180. The molecule has 12 heteroatoms. The Kier molecular flexibility index (Phi) is 5.78. The van der Waals surface area contributed by atoms with Gasteiger partial charge >= 0.3 is 12.4 Å². The first kappa shape index (κ1) is 22.7. The van der Waals surface area contributed by atoms with Gasteiger partial charge in [-0.2, -0.15) is 26.3 Å². The Labute approximate surface area is 172 Å². The van der Waals surface area contributed by atoms with Gasteiger partial charge in [0.2, 0.25) is 0 Å². The van der Waals surface area contributed by atoms with Gasteiger partial charge in [0.15, 0.2) is 9.84 Å². The van der Waals surface area contributed by atoms with E-state index in [-0.39, 0.29) is 33.7 Å². The Morgan fingerprint density at radius 1 is 0.839 bits per heavy atom. The summed E-state index contributed by atoms with van der Waals surface area (Å²) in [6.45, 7) is 1.44. The lowest BCUT2D eigenvalue weighted by molar-refractivity contribution is -0.143. The normalized spacial score (nSPS) is 12.7. The van der Waals surface area contributed by atoms with E-state index in [1.807, 2.05) is 0 Å². The smallest absolute Gasteiger partial charge is 0.263 e. The van der Waals surface area contributed by atoms with E-state index in [4.69, 9.17) is 0 Å². The summed E-state index contributed by atoms with van der Waals surface area (Å²) in [5.41, 5.74) is -3.40. The van der Waals surface area contributed by atoms with Gasteiger partial charge in [0.25, 0.3) is 0 Å². The lowest BCUT2D eigenvalue weighted by atomic mass is 10.0. The van der Waals surface area contributed by atoms with E-state index < -0.39 is 38.9 Å². The predicted molar refractivity (Wildman–Crippen MR) is 98.4 cm³/mol. The average Bonchev–Trinajstić information content (AvgIpc) is 2.72. The van der Waals surface area contributed by atoms with Crippen LogP contribution in [-0.2, 0) is 22.2 Å². The Bertz CT molecular complexity index is 1170. The summed E-state index contributed by atoms with van der Waals surface area (Å²) in [6.07, 6.45) is -5.48. The van der Waals surface area contributed by atoms with Crippen molar-refractivity contribution in [2.24, 2.45) is 0 Å². The van der Waals surface area contributed by atoms with Gasteiger partial charge in [-0.25, -0.2) is 8.42 Å². The van der Waals surface area contributed by atoms with Crippen LogP contribution in [0.5, 0.6) is 0 Å². The summed E-state index contributed by atoms with van der Waals surface area (Å²) >= 11 is 0. The molecule has 0 aliphatic rings. The van der Waals surface area contributed by atoms with Crippen molar-refractivity contribution in [2.45, 2.75) is 24.2 Å². The first-order valence-electron chi connectivity index (χ1n) is 8.62. The van der Waals surface area contributed by atoms with Crippen molar-refractivity contribution < 1.29 is 34.8 Å². The van der Waals surface area contributed by atoms with Crippen molar-refractivity contribution in [1.82, 2.24) is 15.0 Å². The fraction of sp³-hybridized carbons (Fsp3) is 0.211. The summed E-state index contributed by atoms with van der Waals surface area (Å²) in [7, 11) is -3.66. The molecule has 0 N–H and O–H groups in total. The summed E-state index contributed by atoms with van der Waals surface area (Å²) in [5, 5.41) is 0. The topological polar surface area (TPSA) is 72.8 Å². The number of sulfone groups is 1. The van der Waals surface area contributed by atoms with Crippen LogP contribution in [0.4, 0.5) is 26.3 Å². The third kappa shape index (κ3) is 4.84. The SMILES string of the molecule is CCS(=O)(=O)c1cnccc1-c1cnc(-c2cc(C(F)(F)F)cc(C(F)(F)F)c2)cn1. The molecule has 164 valence electrons. The molecule has 3 rings (SSSR count). The molecule has 0 spiro atoms. The maximum absolute atomic E-state index is 13.1. The third-order valence-electron chi connectivity index (χ3n) is 4.31. The van der Waals surface area contributed by atoms with Crippen molar-refractivity contribution in [3.8, 4) is 22.5 Å². The summed E-state index contributed by atoms with van der Waals surface area (Å²) in [6, 6.07) is 2.47. The van der Waals surface area contributed by atoms with E-state index in [9.17, 15) is 34.8 Å². The first-order valence-corrected chi connectivity index (χ1v) is 10.3. The number of rotatable bonds is 4. The Hall–Kier alpha value is -3.02. The molecular formula is C19H13F6N3O2S. The van der Waals surface area contributed by atoms with Crippen molar-refractivity contribution in [3.63, 3.8) is 0 Å². The van der Waals surface area contributed by atoms with Crippen LogP contribution >= 0.6 is 0 Å². The number of nitrogens with zero attached hydrogens (tertiary/aromatic N) is 3. The number of benzene rings is 1. The molecule has 0 aliphatic heterocycles. The molecule has 31 heavy (non-hydrogen) atoms. The Morgan fingerprint density at radius 2 is 1.39 bits per heavy atom. The van der Waals surface area contributed by atoms with E-state index in [1.54, 1.807) is 0 Å². The summed E-state index contributed by atoms with van der Waals surface area (Å²) in [4.78, 5) is 11.6. The highest BCUT2D eigenvalue weighted by molar-refractivity contribution is 7.91. The Balaban J connectivity index is 2.10. The second-order valence-corrected chi connectivity index (χ2v) is 8.60. The lowest BCUT2D eigenvalue weighted by Crippen LogP contribution is -2.11. The lowest BCUT2D eigenvalue weighted by Gasteiger charge is -2.14. The van der Waals surface area contributed by atoms with Crippen LogP contribution in [-0.4, -0.2) is 29.1 Å². The number of hydrogen-bond donors (Lipinski definition) is 0. The number of pyridine rings is 1. The molecule has 5 nitrogen and oxygen atoms in total. The summed E-state index contributed by atoms with van der Waals surface area (Å²) < 4.78 is 103. The van der Waals surface area contributed by atoms with Gasteiger partial charge in [0, 0.05) is 23.5 Å². The predicted octanol–water partition coefficient (Wildman–Crippen LogP) is 5.04. The second-order valence-electron chi connectivity index (χ2n) is 6.36. The van der Waals surface area contributed by atoms with E-state index >= 15 is 0 Å². The van der Waals surface area contributed by atoms with Crippen LogP contribution in [0.2, 0.25) is 0 Å². The van der Waals surface area contributed by atoms with Gasteiger partial charge in [0.05, 0.1) is 45.6 Å². The third-order valence-corrected chi connectivity index (χ3v) is 6.07. The second kappa shape index (κ2) is 7.91. The van der Waals surface area contributed by atoms with Gasteiger partial charge in [-0.1, -0.05) is 6.92 Å². The molecule has 0 amide bonds. The molecule has 0 radical (unpaired) electrons. The molecule has 0 unspecified atom stereocenters. The van der Waals surface area contributed by atoms with E-state index in [0.29, 0.717) is 12.1 Å². The zero-order valence-electron chi connectivity index (χ0n) is 15.7. The molecule has 0 atom stereocenters.